The van der Waals surface area contributed by atoms with Crippen LogP contribution in [0, 0.1) is 6.92 Å². The molecule has 1 aliphatic heterocycles. The molecular formula is C13H19BrN2. The van der Waals surface area contributed by atoms with E-state index in [0.717, 1.165) is 11.0 Å². The van der Waals surface area contributed by atoms with Crippen LogP contribution in [0.1, 0.15) is 25.8 Å². The molecule has 1 heterocycles. The van der Waals surface area contributed by atoms with Crippen LogP contribution in [0.15, 0.2) is 22.7 Å². The van der Waals surface area contributed by atoms with E-state index in [1.54, 1.807) is 0 Å². The number of hydrogen-bond donors (Lipinski definition) is 2. The highest BCUT2D eigenvalue weighted by Crippen LogP contribution is 2.25. The lowest BCUT2D eigenvalue weighted by molar-refractivity contribution is 0.457. The van der Waals surface area contributed by atoms with E-state index in [1.165, 1.54) is 17.7 Å². The molecule has 1 aliphatic rings. The van der Waals surface area contributed by atoms with E-state index in [4.69, 9.17) is 0 Å². The lowest BCUT2D eigenvalue weighted by atomic mass is 10.0. The molecule has 0 aliphatic carbocycles. The van der Waals surface area contributed by atoms with Crippen molar-refractivity contribution in [3.05, 3.63) is 28.2 Å². The second-order valence-electron chi connectivity index (χ2n) is 5.27. The summed E-state index contributed by atoms with van der Waals surface area (Å²) in [6.07, 6.45) is 1.17. The van der Waals surface area contributed by atoms with Crippen LogP contribution < -0.4 is 10.6 Å². The van der Waals surface area contributed by atoms with Crippen LogP contribution in [0.5, 0.6) is 0 Å². The van der Waals surface area contributed by atoms with Crippen molar-refractivity contribution in [1.82, 2.24) is 5.32 Å². The quantitative estimate of drug-likeness (QED) is 0.870. The molecule has 0 spiro atoms. The summed E-state index contributed by atoms with van der Waals surface area (Å²) in [6, 6.07) is 6.92. The van der Waals surface area contributed by atoms with Gasteiger partial charge in [0.15, 0.2) is 0 Å². The van der Waals surface area contributed by atoms with E-state index in [1.807, 2.05) is 0 Å². The minimum Gasteiger partial charge on any atom is -0.381 e. The first-order valence-corrected chi connectivity index (χ1v) is 6.53. The second kappa shape index (κ2) is 4.38. The first-order valence-electron chi connectivity index (χ1n) is 5.74. The summed E-state index contributed by atoms with van der Waals surface area (Å²) in [5, 5.41) is 7.13. The van der Waals surface area contributed by atoms with E-state index in [0.29, 0.717) is 6.04 Å². The van der Waals surface area contributed by atoms with Gasteiger partial charge in [0.2, 0.25) is 0 Å². The zero-order valence-corrected chi connectivity index (χ0v) is 11.7. The fraction of sp³-hybridized carbons (Fsp3) is 0.538. The Hall–Kier alpha value is -0.540. The molecule has 0 aromatic heterocycles. The molecule has 0 amide bonds. The molecule has 1 atom stereocenters. The highest BCUT2D eigenvalue weighted by atomic mass is 79.9. The van der Waals surface area contributed by atoms with E-state index in [9.17, 15) is 0 Å². The molecule has 0 radical (unpaired) electrons. The van der Waals surface area contributed by atoms with Crippen molar-refractivity contribution < 1.29 is 0 Å². The largest absolute Gasteiger partial charge is 0.381 e. The van der Waals surface area contributed by atoms with Gasteiger partial charge < -0.3 is 10.6 Å². The highest BCUT2D eigenvalue weighted by Gasteiger charge is 2.30. The Morgan fingerprint density at radius 2 is 2.19 bits per heavy atom. The van der Waals surface area contributed by atoms with Crippen molar-refractivity contribution in [2.24, 2.45) is 0 Å². The van der Waals surface area contributed by atoms with Gasteiger partial charge in [-0.3, -0.25) is 0 Å². The van der Waals surface area contributed by atoms with Gasteiger partial charge in [0, 0.05) is 28.3 Å². The maximum absolute atomic E-state index is 3.61. The smallest absolute Gasteiger partial charge is 0.0403 e. The Kier molecular flexibility index (Phi) is 3.27. The molecule has 88 valence electrons. The average Bonchev–Trinajstić information content (AvgIpc) is 2.51. The van der Waals surface area contributed by atoms with Gasteiger partial charge in [-0.05, 0) is 51.0 Å². The summed E-state index contributed by atoms with van der Waals surface area (Å²) in [7, 11) is 0. The van der Waals surface area contributed by atoms with Crippen molar-refractivity contribution >= 4 is 21.6 Å². The summed E-state index contributed by atoms with van der Waals surface area (Å²) in [5.41, 5.74) is 2.80. The van der Waals surface area contributed by atoms with Crippen molar-refractivity contribution in [3.63, 3.8) is 0 Å². The van der Waals surface area contributed by atoms with Crippen molar-refractivity contribution in [2.75, 3.05) is 11.9 Å². The molecule has 1 aromatic carbocycles. The van der Waals surface area contributed by atoms with Gasteiger partial charge in [-0.1, -0.05) is 15.9 Å². The molecule has 1 unspecified atom stereocenters. The average molecular weight is 283 g/mol. The fourth-order valence-electron chi connectivity index (χ4n) is 2.27. The third-order valence-electron chi connectivity index (χ3n) is 3.13. The van der Waals surface area contributed by atoms with Gasteiger partial charge in [0.25, 0.3) is 0 Å². The molecule has 0 saturated carbocycles. The third kappa shape index (κ3) is 2.77. The molecule has 2 N–H and O–H groups in total. The Morgan fingerprint density at radius 1 is 1.44 bits per heavy atom. The Balaban J connectivity index is 2.05. The summed E-state index contributed by atoms with van der Waals surface area (Å²) >= 11 is 3.49. The zero-order valence-electron chi connectivity index (χ0n) is 10.1. The van der Waals surface area contributed by atoms with Gasteiger partial charge >= 0.3 is 0 Å². The van der Waals surface area contributed by atoms with Crippen LogP contribution in [0.25, 0.3) is 0 Å². The fourth-order valence-corrected chi connectivity index (χ4v) is 2.75. The normalized spacial score (nSPS) is 23.4. The molecule has 2 nitrogen and oxygen atoms in total. The summed E-state index contributed by atoms with van der Waals surface area (Å²) < 4.78 is 1.14. The molecule has 1 saturated heterocycles. The van der Waals surface area contributed by atoms with Crippen LogP contribution >= 0.6 is 15.9 Å². The summed E-state index contributed by atoms with van der Waals surface area (Å²) in [6.45, 7) is 7.69. The van der Waals surface area contributed by atoms with Crippen LogP contribution in [0.4, 0.5) is 5.69 Å². The zero-order chi connectivity index (χ0) is 11.8. The highest BCUT2D eigenvalue weighted by molar-refractivity contribution is 9.10. The molecule has 3 heteroatoms. The van der Waals surface area contributed by atoms with Gasteiger partial charge in [-0.25, -0.2) is 0 Å². The number of halogens is 1. The van der Waals surface area contributed by atoms with Gasteiger partial charge in [-0.15, -0.1) is 0 Å². The minimum atomic E-state index is 0.265. The molecule has 1 fully saturated rings. The third-order valence-corrected chi connectivity index (χ3v) is 3.63. The number of hydrogen-bond acceptors (Lipinski definition) is 2. The van der Waals surface area contributed by atoms with E-state index in [-0.39, 0.29) is 5.54 Å². The standard InChI is InChI=1S/C13H19BrN2/c1-9-6-10(14)4-5-12(9)16-11-7-13(2,3)15-8-11/h4-6,11,15-16H,7-8H2,1-3H3. The summed E-state index contributed by atoms with van der Waals surface area (Å²) in [4.78, 5) is 0. The van der Waals surface area contributed by atoms with Crippen LogP contribution in [-0.4, -0.2) is 18.1 Å². The number of nitrogens with one attached hydrogen (secondary N) is 2. The lowest BCUT2D eigenvalue weighted by Crippen LogP contribution is -2.31. The Labute approximate surface area is 106 Å². The van der Waals surface area contributed by atoms with Crippen molar-refractivity contribution in [3.8, 4) is 0 Å². The number of anilines is 1. The molecule has 2 rings (SSSR count). The van der Waals surface area contributed by atoms with Gasteiger partial charge in [-0.2, -0.15) is 0 Å². The number of aryl methyl sites for hydroxylation is 1. The summed E-state index contributed by atoms with van der Waals surface area (Å²) in [5.74, 6) is 0. The van der Waals surface area contributed by atoms with Crippen molar-refractivity contribution in [1.29, 1.82) is 0 Å². The van der Waals surface area contributed by atoms with Crippen LogP contribution in [0.3, 0.4) is 0 Å². The SMILES string of the molecule is Cc1cc(Br)ccc1NC1CNC(C)(C)C1. The van der Waals surface area contributed by atoms with Crippen molar-refractivity contribution in [2.45, 2.75) is 38.8 Å². The maximum atomic E-state index is 3.61. The number of rotatable bonds is 2. The monoisotopic (exact) mass is 282 g/mol. The Morgan fingerprint density at radius 3 is 2.75 bits per heavy atom. The second-order valence-corrected chi connectivity index (χ2v) is 6.19. The number of benzene rings is 1. The molecule has 1 aromatic rings. The Bertz CT molecular complexity index is 388. The predicted octanol–water partition coefficient (Wildman–Crippen LogP) is 3.31. The first-order chi connectivity index (χ1) is 7.46. The lowest BCUT2D eigenvalue weighted by Gasteiger charge is -2.19. The molecule has 16 heavy (non-hydrogen) atoms. The van der Waals surface area contributed by atoms with E-state index in [2.05, 4.69) is 65.5 Å². The topological polar surface area (TPSA) is 24.1 Å². The minimum absolute atomic E-state index is 0.265. The maximum Gasteiger partial charge on any atom is 0.0403 e. The van der Waals surface area contributed by atoms with Gasteiger partial charge in [0.05, 0.1) is 0 Å². The van der Waals surface area contributed by atoms with Crippen LogP contribution in [-0.2, 0) is 0 Å². The molecule has 0 bridgehead atoms. The van der Waals surface area contributed by atoms with Gasteiger partial charge in [0.1, 0.15) is 0 Å². The van der Waals surface area contributed by atoms with E-state index >= 15 is 0 Å². The van der Waals surface area contributed by atoms with E-state index < -0.39 is 0 Å². The first kappa shape index (κ1) is 11.9. The predicted molar refractivity (Wildman–Crippen MR) is 73.0 cm³/mol. The van der Waals surface area contributed by atoms with Crippen LogP contribution in [0.2, 0.25) is 0 Å². The molecular weight excluding hydrogens is 264 g/mol.